The Morgan fingerprint density at radius 3 is 2.19 bits per heavy atom. The molecule has 0 N–H and O–H groups in total. The lowest BCUT2D eigenvalue weighted by Crippen LogP contribution is -2.39. The average Bonchev–Trinajstić information content (AvgIpc) is 2.30. The van der Waals surface area contributed by atoms with Gasteiger partial charge in [-0.1, -0.05) is 24.3 Å². The second-order valence-corrected chi connectivity index (χ2v) is 4.07. The maximum Gasteiger partial charge on any atom is 0.493 e. The second kappa shape index (κ2) is 6.04. The summed E-state index contributed by atoms with van der Waals surface area (Å²) in [6.45, 7) is 2.17. The third-order valence-corrected chi connectivity index (χ3v) is 2.90. The zero-order chi connectivity index (χ0) is 12.1. The van der Waals surface area contributed by atoms with Gasteiger partial charge in [0.25, 0.3) is 0 Å². The first-order chi connectivity index (χ1) is 7.61. The topological polar surface area (TPSA) is 21.7 Å². The SMILES string of the molecule is COB(OC)c1ccccc1C(C)N(C)C. The Kier molecular flexibility index (Phi) is 4.99. The zero-order valence-electron chi connectivity index (χ0n) is 10.7. The highest BCUT2D eigenvalue weighted by Gasteiger charge is 2.23. The van der Waals surface area contributed by atoms with Crippen LogP contribution in [0.2, 0.25) is 0 Å². The van der Waals surface area contributed by atoms with Gasteiger partial charge in [0, 0.05) is 20.3 Å². The molecule has 0 spiro atoms. The second-order valence-electron chi connectivity index (χ2n) is 4.07. The molecule has 0 amide bonds. The highest BCUT2D eigenvalue weighted by molar-refractivity contribution is 6.61. The van der Waals surface area contributed by atoms with Crippen molar-refractivity contribution in [3.8, 4) is 0 Å². The minimum Gasteiger partial charge on any atom is -0.410 e. The molecule has 3 nitrogen and oxygen atoms in total. The summed E-state index contributed by atoms with van der Waals surface area (Å²) in [4.78, 5) is 2.17. The summed E-state index contributed by atoms with van der Waals surface area (Å²) < 4.78 is 10.6. The zero-order valence-corrected chi connectivity index (χ0v) is 10.7. The molecular formula is C12H20BNO2. The van der Waals surface area contributed by atoms with Gasteiger partial charge in [-0.2, -0.15) is 0 Å². The lowest BCUT2D eigenvalue weighted by molar-refractivity contribution is 0.289. The van der Waals surface area contributed by atoms with Crippen molar-refractivity contribution < 1.29 is 9.31 Å². The molecule has 1 unspecified atom stereocenters. The van der Waals surface area contributed by atoms with Gasteiger partial charge in [-0.15, -0.1) is 0 Å². The predicted molar refractivity (Wildman–Crippen MR) is 68.0 cm³/mol. The third-order valence-electron chi connectivity index (χ3n) is 2.90. The Labute approximate surface area is 98.5 Å². The summed E-state index contributed by atoms with van der Waals surface area (Å²) in [7, 11) is 7.15. The van der Waals surface area contributed by atoms with Gasteiger partial charge in [0.2, 0.25) is 0 Å². The van der Waals surface area contributed by atoms with Crippen molar-refractivity contribution in [3.63, 3.8) is 0 Å². The average molecular weight is 221 g/mol. The van der Waals surface area contributed by atoms with E-state index in [1.54, 1.807) is 14.2 Å². The lowest BCUT2D eigenvalue weighted by atomic mass is 9.74. The van der Waals surface area contributed by atoms with Crippen molar-refractivity contribution in [2.75, 3.05) is 28.3 Å². The van der Waals surface area contributed by atoms with Crippen LogP contribution in [0.5, 0.6) is 0 Å². The first-order valence-electron chi connectivity index (χ1n) is 5.42. The number of benzene rings is 1. The fourth-order valence-corrected chi connectivity index (χ4v) is 1.73. The summed E-state index contributed by atoms with van der Waals surface area (Å²) in [6, 6.07) is 8.55. The van der Waals surface area contributed by atoms with E-state index in [1.807, 2.05) is 18.2 Å². The minimum atomic E-state index is -0.293. The maximum atomic E-state index is 5.32. The number of nitrogens with zero attached hydrogens (tertiary/aromatic N) is 1. The van der Waals surface area contributed by atoms with E-state index < -0.39 is 0 Å². The summed E-state index contributed by atoms with van der Waals surface area (Å²) in [6.07, 6.45) is 0. The van der Waals surface area contributed by atoms with Crippen molar-refractivity contribution in [1.29, 1.82) is 0 Å². The molecule has 4 heteroatoms. The van der Waals surface area contributed by atoms with Crippen LogP contribution < -0.4 is 5.46 Å². The molecule has 0 aliphatic heterocycles. The van der Waals surface area contributed by atoms with Gasteiger partial charge >= 0.3 is 7.12 Å². The molecule has 1 atom stereocenters. The smallest absolute Gasteiger partial charge is 0.410 e. The fraction of sp³-hybridized carbons (Fsp3) is 0.500. The van der Waals surface area contributed by atoms with Crippen molar-refractivity contribution in [3.05, 3.63) is 29.8 Å². The lowest BCUT2D eigenvalue weighted by Gasteiger charge is -2.24. The first-order valence-corrected chi connectivity index (χ1v) is 5.42. The molecule has 1 aromatic carbocycles. The van der Waals surface area contributed by atoms with Crippen LogP contribution in [0.4, 0.5) is 0 Å². The van der Waals surface area contributed by atoms with Crippen LogP contribution in [0.25, 0.3) is 0 Å². The van der Waals surface area contributed by atoms with Crippen molar-refractivity contribution in [2.45, 2.75) is 13.0 Å². The van der Waals surface area contributed by atoms with E-state index >= 15 is 0 Å². The van der Waals surface area contributed by atoms with Gasteiger partial charge in [0.1, 0.15) is 0 Å². The summed E-state index contributed by atoms with van der Waals surface area (Å²) in [5.74, 6) is 0. The standard InChI is InChI=1S/C12H20BNO2/c1-10(14(2)3)11-8-6-7-9-12(11)13(15-4)16-5/h6-10H,1-5H3. The third kappa shape index (κ3) is 2.85. The summed E-state index contributed by atoms with van der Waals surface area (Å²) in [5, 5.41) is 0. The van der Waals surface area contributed by atoms with Crippen LogP contribution in [-0.4, -0.2) is 40.3 Å². The molecule has 0 radical (unpaired) electrons. The van der Waals surface area contributed by atoms with Gasteiger partial charge in [0.15, 0.2) is 0 Å². The van der Waals surface area contributed by atoms with E-state index in [9.17, 15) is 0 Å². The molecule has 0 fully saturated rings. The van der Waals surface area contributed by atoms with Crippen LogP contribution in [0.3, 0.4) is 0 Å². The van der Waals surface area contributed by atoms with E-state index in [2.05, 4.69) is 32.0 Å². The Morgan fingerprint density at radius 1 is 1.12 bits per heavy atom. The molecule has 0 aliphatic rings. The molecule has 0 aromatic heterocycles. The minimum absolute atomic E-state index is 0.293. The maximum absolute atomic E-state index is 5.32. The fourth-order valence-electron chi connectivity index (χ4n) is 1.73. The van der Waals surface area contributed by atoms with Crippen LogP contribution in [0.15, 0.2) is 24.3 Å². The number of rotatable bonds is 5. The Morgan fingerprint density at radius 2 is 1.69 bits per heavy atom. The summed E-state index contributed by atoms with van der Waals surface area (Å²) in [5.41, 5.74) is 2.33. The van der Waals surface area contributed by atoms with Gasteiger partial charge < -0.3 is 14.2 Å². The highest BCUT2D eigenvalue weighted by Crippen LogP contribution is 2.15. The van der Waals surface area contributed by atoms with E-state index in [0.717, 1.165) is 5.46 Å². The number of hydrogen-bond acceptors (Lipinski definition) is 3. The Balaban J connectivity index is 3.08. The quantitative estimate of drug-likeness (QED) is 0.699. The van der Waals surface area contributed by atoms with E-state index in [0.29, 0.717) is 6.04 Å². The van der Waals surface area contributed by atoms with E-state index in [1.165, 1.54) is 5.56 Å². The van der Waals surface area contributed by atoms with E-state index in [4.69, 9.17) is 9.31 Å². The predicted octanol–water partition coefficient (Wildman–Crippen LogP) is 1.30. The molecular weight excluding hydrogens is 201 g/mol. The molecule has 16 heavy (non-hydrogen) atoms. The molecule has 88 valence electrons. The largest absolute Gasteiger partial charge is 0.493 e. The number of hydrogen-bond donors (Lipinski definition) is 0. The van der Waals surface area contributed by atoms with Crippen molar-refractivity contribution in [2.24, 2.45) is 0 Å². The molecule has 0 saturated heterocycles. The highest BCUT2D eigenvalue weighted by atomic mass is 16.6. The monoisotopic (exact) mass is 221 g/mol. The van der Waals surface area contributed by atoms with Gasteiger partial charge in [0.05, 0.1) is 0 Å². The van der Waals surface area contributed by atoms with Crippen molar-refractivity contribution >= 4 is 12.6 Å². The molecule has 0 saturated carbocycles. The van der Waals surface area contributed by atoms with Crippen LogP contribution in [-0.2, 0) is 9.31 Å². The molecule has 0 heterocycles. The van der Waals surface area contributed by atoms with Gasteiger partial charge in [-0.3, -0.25) is 0 Å². The molecule has 0 bridgehead atoms. The first kappa shape index (κ1) is 13.2. The molecule has 0 aliphatic carbocycles. The van der Waals surface area contributed by atoms with Crippen LogP contribution in [0.1, 0.15) is 18.5 Å². The Hall–Kier alpha value is -0.835. The molecule has 1 rings (SSSR count). The van der Waals surface area contributed by atoms with Crippen LogP contribution >= 0.6 is 0 Å². The van der Waals surface area contributed by atoms with Crippen molar-refractivity contribution in [1.82, 2.24) is 4.90 Å². The van der Waals surface area contributed by atoms with Crippen LogP contribution in [0, 0.1) is 0 Å². The van der Waals surface area contributed by atoms with Gasteiger partial charge in [-0.05, 0) is 32.0 Å². The summed E-state index contributed by atoms with van der Waals surface area (Å²) >= 11 is 0. The Bertz CT molecular complexity index is 306. The normalized spacial score (nSPS) is 12.9. The van der Waals surface area contributed by atoms with Gasteiger partial charge in [-0.25, -0.2) is 0 Å². The van der Waals surface area contributed by atoms with E-state index in [-0.39, 0.29) is 7.12 Å². The molecule has 1 aromatic rings.